The third-order valence-electron chi connectivity index (χ3n) is 2.60. The minimum Gasteiger partial charge on any atom is -0.296 e. The van der Waals surface area contributed by atoms with Crippen molar-refractivity contribution < 1.29 is 4.79 Å². The summed E-state index contributed by atoms with van der Waals surface area (Å²) in [6, 6.07) is 10.4. The second-order valence-corrected chi connectivity index (χ2v) is 3.53. The lowest BCUT2D eigenvalue weighted by atomic mass is 10.0. The van der Waals surface area contributed by atoms with Gasteiger partial charge in [0, 0.05) is 6.54 Å². The third-order valence-corrected chi connectivity index (χ3v) is 2.60. The molecular weight excluding hydrogens is 162 g/mol. The molecule has 0 amide bonds. The van der Waals surface area contributed by atoms with Gasteiger partial charge in [-0.15, -0.1) is 0 Å². The highest BCUT2D eigenvalue weighted by molar-refractivity contribution is 5.90. The monoisotopic (exact) mass is 175 g/mol. The van der Waals surface area contributed by atoms with Crippen LogP contribution in [0.1, 0.15) is 12.5 Å². The van der Waals surface area contributed by atoms with Crippen LogP contribution < -0.4 is 0 Å². The van der Waals surface area contributed by atoms with Crippen molar-refractivity contribution in [3.05, 3.63) is 35.9 Å². The van der Waals surface area contributed by atoms with Gasteiger partial charge >= 0.3 is 0 Å². The van der Waals surface area contributed by atoms with Crippen molar-refractivity contribution in [1.82, 2.24) is 4.90 Å². The third kappa shape index (κ3) is 1.63. The van der Waals surface area contributed by atoms with E-state index in [-0.39, 0.29) is 6.04 Å². The summed E-state index contributed by atoms with van der Waals surface area (Å²) in [4.78, 5) is 13.2. The van der Waals surface area contributed by atoms with Crippen molar-refractivity contribution in [2.45, 2.75) is 19.5 Å². The van der Waals surface area contributed by atoms with Crippen LogP contribution in [0.4, 0.5) is 0 Å². The molecule has 0 bridgehead atoms. The Morgan fingerprint density at radius 3 is 2.62 bits per heavy atom. The largest absolute Gasteiger partial charge is 0.296 e. The summed E-state index contributed by atoms with van der Waals surface area (Å²) in [7, 11) is 0. The number of hydrogen-bond donors (Lipinski definition) is 0. The van der Waals surface area contributed by atoms with Crippen LogP contribution in [-0.2, 0) is 11.3 Å². The fourth-order valence-electron chi connectivity index (χ4n) is 1.57. The van der Waals surface area contributed by atoms with E-state index >= 15 is 0 Å². The molecule has 1 heterocycles. The SMILES string of the molecule is CC1C(=O)CN1Cc1ccccc1. The van der Waals surface area contributed by atoms with Crippen LogP contribution in [0.3, 0.4) is 0 Å². The van der Waals surface area contributed by atoms with Crippen molar-refractivity contribution in [1.29, 1.82) is 0 Å². The topological polar surface area (TPSA) is 20.3 Å². The minimum absolute atomic E-state index is 0.125. The standard InChI is InChI=1S/C11H13NO/c1-9-11(13)8-12(9)7-10-5-3-2-4-6-10/h2-6,9H,7-8H2,1H3. The lowest BCUT2D eigenvalue weighted by Gasteiger charge is -2.36. The van der Waals surface area contributed by atoms with Crippen molar-refractivity contribution in [2.75, 3.05) is 6.54 Å². The molecule has 1 aromatic rings. The molecule has 1 atom stereocenters. The summed E-state index contributed by atoms with van der Waals surface area (Å²) in [5, 5.41) is 0. The Bertz CT molecular complexity index is 307. The average molecular weight is 175 g/mol. The molecule has 1 saturated heterocycles. The fraction of sp³-hybridized carbons (Fsp3) is 0.364. The molecule has 68 valence electrons. The predicted octanol–water partition coefficient (Wildman–Crippen LogP) is 1.46. The Hall–Kier alpha value is -1.15. The van der Waals surface area contributed by atoms with Crippen LogP contribution in [0, 0.1) is 0 Å². The molecular formula is C11H13NO. The molecule has 1 unspecified atom stereocenters. The van der Waals surface area contributed by atoms with Gasteiger partial charge in [-0.2, -0.15) is 0 Å². The lowest BCUT2D eigenvalue weighted by molar-refractivity contribution is -0.135. The van der Waals surface area contributed by atoms with Crippen LogP contribution in [-0.4, -0.2) is 23.3 Å². The number of nitrogens with zero attached hydrogens (tertiary/aromatic N) is 1. The molecule has 1 aliphatic rings. The van der Waals surface area contributed by atoms with Crippen molar-refractivity contribution in [3.63, 3.8) is 0 Å². The Morgan fingerprint density at radius 1 is 1.38 bits per heavy atom. The van der Waals surface area contributed by atoms with Gasteiger partial charge in [0.25, 0.3) is 0 Å². The molecule has 13 heavy (non-hydrogen) atoms. The van der Waals surface area contributed by atoms with E-state index in [0.717, 1.165) is 6.54 Å². The lowest BCUT2D eigenvalue weighted by Crippen LogP contribution is -2.54. The maximum atomic E-state index is 11.0. The summed E-state index contributed by atoms with van der Waals surface area (Å²) >= 11 is 0. The van der Waals surface area contributed by atoms with E-state index in [1.807, 2.05) is 25.1 Å². The first kappa shape index (κ1) is 8.45. The van der Waals surface area contributed by atoms with E-state index in [2.05, 4.69) is 17.0 Å². The summed E-state index contributed by atoms with van der Waals surface area (Å²) in [6.07, 6.45) is 0. The van der Waals surface area contributed by atoms with E-state index in [4.69, 9.17) is 0 Å². The van der Waals surface area contributed by atoms with Crippen LogP contribution in [0.2, 0.25) is 0 Å². The number of Topliss-reactive ketones (excluding diaryl/α,β-unsaturated/α-hetero) is 1. The smallest absolute Gasteiger partial charge is 0.163 e. The first-order valence-electron chi connectivity index (χ1n) is 4.58. The highest BCUT2D eigenvalue weighted by Crippen LogP contribution is 2.16. The molecule has 0 radical (unpaired) electrons. The van der Waals surface area contributed by atoms with Gasteiger partial charge in [0.1, 0.15) is 0 Å². The van der Waals surface area contributed by atoms with Gasteiger partial charge in [0.2, 0.25) is 0 Å². The highest BCUT2D eigenvalue weighted by atomic mass is 16.1. The zero-order valence-electron chi connectivity index (χ0n) is 7.73. The predicted molar refractivity (Wildman–Crippen MR) is 51.3 cm³/mol. The van der Waals surface area contributed by atoms with Gasteiger partial charge in [0.15, 0.2) is 5.78 Å². The molecule has 0 aromatic heterocycles. The molecule has 0 aliphatic carbocycles. The summed E-state index contributed by atoms with van der Waals surface area (Å²) < 4.78 is 0. The van der Waals surface area contributed by atoms with E-state index in [9.17, 15) is 4.79 Å². The van der Waals surface area contributed by atoms with Crippen LogP contribution in [0.15, 0.2) is 30.3 Å². The van der Waals surface area contributed by atoms with Gasteiger partial charge in [-0.25, -0.2) is 0 Å². The first-order valence-corrected chi connectivity index (χ1v) is 4.58. The molecule has 0 saturated carbocycles. The first-order chi connectivity index (χ1) is 6.27. The van der Waals surface area contributed by atoms with E-state index in [1.54, 1.807) is 0 Å². The van der Waals surface area contributed by atoms with Gasteiger partial charge in [-0.1, -0.05) is 30.3 Å². The molecule has 0 spiro atoms. The van der Waals surface area contributed by atoms with Gasteiger partial charge < -0.3 is 0 Å². The quantitative estimate of drug-likeness (QED) is 0.678. The summed E-state index contributed by atoms with van der Waals surface area (Å²) in [5.74, 6) is 0.357. The van der Waals surface area contributed by atoms with Gasteiger partial charge in [-0.05, 0) is 12.5 Å². The van der Waals surface area contributed by atoms with E-state index in [0.29, 0.717) is 12.3 Å². The van der Waals surface area contributed by atoms with E-state index < -0.39 is 0 Å². The molecule has 1 aromatic carbocycles. The number of rotatable bonds is 2. The maximum absolute atomic E-state index is 11.0. The summed E-state index contributed by atoms with van der Waals surface area (Å²) in [5.41, 5.74) is 1.28. The van der Waals surface area contributed by atoms with Crippen molar-refractivity contribution in [3.8, 4) is 0 Å². The Balaban J connectivity index is 1.97. The number of carbonyl (C=O) groups excluding carboxylic acids is 1. The fourth-order valence-corrected chi connectivity index (χ4v) is 1.57. The van der Waals surface area contributed by atoms with Crippen molar-refractivity contribution in [2.24, 2.45) is 0 Å². The van der Waals surface area contributed by atoms with Crippen LogP contribution in [0.25, 0.3) is 0 Å². The second-order valence-electron chi connectivity index (χ2n) is 3.53. The minimum atomic E-state index is 0.125. The summed E-state index contributed by atoms with van der Waals surface area (Å²) in [6.45, 7) is 3.48. The van der Waals surface area contributed by atoms with Gasteiger partial charge in [0.05, 0.1) is 12.6 Å². The average Bonchev–Trinajstić information content (AvgIpc) is 2.19. The molecule has 1 aliphatic heterocycles. The van der Waals surface area contributed by atoms with Crippen LogP contribution in [0.5, 0.6) is 0 Å². The Morgan fingerprint density at radius 2 is 2.08 bits per heavy atom. The highest BCUT2D eigenvalue weighted by Gasteiger charge is 2.32. The van der Waals surface area contributed by atoms with Crippen LogP contribution >= 0.6 is 0 Å². The number of ketones is 1. The zero-order valence-corrected chi connectivity index (χ0v) is 7.73. The van der Waals surface area contributed by atoms with Gasteiger partial charge in [-0.3, -0.25) is 9.69 Å². The van der Waals surface area contributed by atoms with Crippen molar-refractivity contribution >= 4 is 5.78 Å². The molecule has 2 rings (SSSR count). The van der Waals surface area contributed by atoms with E-state index in [1.165, 1.54) is 5.56 Å². The maximum Gasteiger partial charge on any atom is 0.163 e. The number of benzene rings is 1. The Kier molecular flexibility index (Phi) is 2.15. The molecule has 1 fully saturated rings. The second kappa shape index (κ2) is 3.30. The number of carbonyl (C=O) groups is 1. The zero-order chi connectivity index (χ0) is 9.26. The number of hydrogen-bond acceptors (Lipinski definition) is 2. The Labute approximate surface area is 78.2 Å². The molecule has 2 heteroatoms. The number of likely N-dealkylation sites (tertiary alicyclic amines) is 1. The normalized spacial score (nSPS) is 22.8. The molecule has 2 nitrogen and oxygen atoms in total. The molecule has 0 N–H and O–H groups in total.